The molecule has 0 radical (unpaired) electrons. The molecule has 0 spiro atoms. The Morgan fingerprint density at radius 1 is 1.27 bits per heavy atom. The first-order chi connectivity index (χ1) is 12.4. The van der Waals surface area contributed by atoms with Crippen molar-refractivity contribution in [3.63, 3.8) is 0 Å². The summed E-state index contributed by atoms with van der Waals surface area (Å²) >= 11 is 1.32. The number of benzene rings is 1. The molecule has 140 valence electrons. The van der Waals surface area contributed by atoms with Gasteiger partial charge in [0, 0.05) is 24.6 Å². The molecule has 0 bridgehead atoms. The van der Waals surface area contributed by atoms with Gasteiger partial charge in [0.2, 0.25) is 0 Å². The molecule has 0 aliphatic carbocycles. The lowest BCUT2D eigenvalue weighted by Gasteiger charge is -2.27. The minimum Gasteiger partial charge on any atom is -0.383 e. The predicted molar refractivity (Wildman–Crippen MR) is 99.7 cm³/mol. The summed E-state index contributed by atoms with van der Waals surface area (Å²) in [5.74, 6) is -0.393. The van der Waals surface area contributed by atoms with Gasteiger partial charge in [-0.05, 0) is 36.2 Å². The number of carbonyl (C=O) groups excluding carboxylic acids is 1. The third kappa shape index (κ3) is 4.31. The molecule has 2 aromatic rings. The second-order valence-corrected chi connectivity index (χ2v) is 9.53. The van der Waals surface area contributed by atoms with Crippen LogP contribution in [0.15, 0.2) is 36.4 Å². The van der Waals surface area contributed by atoms with Crippen LogP contribution in [0.4, 0.5) is 4.39 Å². The second kappa shape index (κ2) is 7.85. The Balaban J connectivity index is 1.81. The van der Waals surface area contributed by atoms with Crippen LogP contribution in [0.2, 0.25) is 0 Å². The van der Waals surface area contributed by atoms with E-state index in [0.717, 1.165) is 10.4 Å². The van der Waals surface area contributed by atoms with Gasteiger partial charge in [0.15, 0.2) is 9.84 Å². The summed E-state index contributed by atoms with van der Waals surface area (Å²) in [4.78, 5) is 16.0. The van der Waals surface area contributed by atoms with Crippen LogP contribution in [0, 0.1) is 5.82 Å². The molecule has 8 heteroatoms. The largest absolute Gasteiger partial charge is 0.383 e. The lowest BCUT2D eigenvalue weighted by atomic mass is 10.2. The van der Waals surface area contributed by atoms with E-state index in [0.29, 0.717) is 24.4 Å². The van der Waals surface area contributed by atoms with Crippen molar-refractivity contribution in [3.8, 4) is 10.4 Å². The Morgan fingerprint density at radius 2 is 2.00 bits per heavy atom. The van der Waals surface area contributed by atoms with E-state index in [2.05, 4.69) is 0 Å². The average Bonchev–Trinajstić information content (AvgIpc) is 3.23. The molecule has 1 aliphatic heterocycles. The van der Waals surface area contributed by atoms with Crippen molar-refractivity contribution in [1.29, 1.82) is 0 Å². The number of hydrogen-bond acceptors (Lipinski definition) is 5. The summed E-state index contributed by atoms with van der Waals surface area (Å²) in [5, 5.41) is 0. The van der Waals surface area contributed by atoms with Crippen LogP contribution in [0.3, 0.4) is 0 Å². The van der Waals surface area contributed by atoms with Crippen LogP contribution in [0.5, 0.6) is 0 Å². The van der Waals surface area contributed by atoms with Crippen molar-refractivity contribution >= 4 is 27.1 Å². The first-order valence-electron chi connectivity index (χ1n) is 8.26. The molecule has 1 aromatic carbocycles. The van der Waals surface area contributed by atoms with Crippen molar-refractivity contribution in [2.75, 3.05) is 31.8 Å². The maximum absolute atomic E-state index is 13.1. The minimum absolute atomic E-state index is 0.00134. The van der Waals surface area contributed by atoms with Crippen molar-refractivity contribution in [2.45, 2.75) is 12.5 Å². The van der Waals surface area contributed by atoms with Gasteiger partial charge in [0.05, 0.1) is 23.0 Å². The zero-order valence-electron chi connectivity index (χ0n) is 14.4. The number of sulfone groups is 1. The smallest absolute Gasteiger partial charge is 0.264 e. The maximum atomic E-state index is 13.1. The van der Waals surface area contributed by atoms with Gasteiger partial charge in [0.1, 0.15) is 5.82 Å². The summed E-state index contributed by atoms with van der Waals surface area (Å²) < 4.78 is 41.8. The minimum atomic E-state index is -3.09. The van der Waals surface area contributed by atoms with Crippen molar-refractivity contribution in [3.05, 3.63) is 47.1 Å². The van der Waals surface area contributed by atoms with Crippen LogP contribution < -0.4 is 0 Å². The van der Waals surface area contributed by atoms with E-state index in [4.69, 9.17) is 4.74 Å². The predicted octanol–water partition coefficient (Wildman–Crippen LogP) is 2.83. The van der Waals surface area contributed by atoms with E-state index in [9.17, 15) is 17.6 Å². The molecule has 1 saturated heterocycles. The van der Waals surface area contributed by atoms with Gasteiger partial charge in [-0.2, -0.15) is 0 Å². The average molecular weight is 397 g/mol. The first-order valence-corrected chi connectivity index (χ1v) is 10.9. The molecule has 1 aromatic heterocycles. The van der Waals surface area contributed by atoms with Crippen LogP contribution in [0.25, 0.3) is 10.4 Å². The van der Waals surface area contributed by atoms with Crippen molar-refractivity contribution in [1.82, 2.24) is 4.90 Å². The highest BCUT2D eigenvalue weighted by molar-refractivity contribution is 7.91. The Kier molecular flexibility index (Phi) is 5.74. The summed E-state index contributed by atoms with van der Waals surface area (Å²) in [5.41, 5.74) is 0.835. The summed E-state index contributed by atoms with van der Waals surface area (Å²) in [6, 6.07) is 9.33. The molecule has 1 unspecified atom stereocenters. The monoisotopic (exact) mass is 397 g/mol. The summed E-state index contributed by atoms with van der Waals surface area (Å²) in [6.07, 6.45) is 0.452. The van der Waals surface area contributed by atoms with E-state index >= 15 is 0 Å². The molecule has 26 heavy (non-hydrogen) atoms. The number of amides is 1. The number of ether oxygens (including phenoxy) is 1. The Labute approximate surface area is 156 Å². The molecule has 5 nitrogen and oxygen atoms in total. The number of rotatable bonds is 6. The van der Waals surface area contributed by atoms with E-state index in [-0.39, 0.29) is 29.3 Å². The summed E-state index contributed by atoms with van der Waals surface area (Å²) in [7, 11) is -1.54. The Morgan fingerprint density at radius 3 is 2.62 bits per heavy atom. The Hall–Kier alpha value is -1.77. The number of methoxy groups -OCH3 is 1. The second-order valence-electron chi connectivity index (χ2n) is 6.22. The van der Waals surface area contributed by atoms with Gasteiger partial charge in [-0.1, -0.05) is 12.1 Å². The number of halogens is 1. The molecule has 1 fully saturated rings. The highest BCUT2D eigenvalue weighted by Gasteiger charge is 2.35. The van der Waals surface area contributed by atoms with E-state index in [1.807, 2.05) is 6.07 Å². The van der Waals surface area contributed by atoms with Crippen LogP contribution >= 0.6 is 11.3 Å². The van der Waals surface area contributed by atoms with E-state index in [1.165, 1.54) is 23.5 Å². The van der Waals surface area contributed by atoms with Crippen LogP contribution in [-0.2, 0) is 14.6 Å². The first kappa shape index (κ1) is 19.0. The van der Waals surface area contributed by atoms with Crippen LogP contribution in [-0.4, -0.2) is 57.0 Å². The fourth-order valence-corrected chi connectivity index (χ4v) is 5.72. The zero-order valence-corrected chi connectivity index (χ0v) is 16.0. The molecule has 3 rings (SSSR count). The summed E-state index contributed by atoms with van der Waals surface area (Å²) in [6.45, 7) is 0.692. The Bertz CT molecular complexity index is 877. The molecule has 1 amide bonds. The molecule has 2 heterocycles. The quantitative estimate of drug-likeness (QED) is 0.752. The van der Waals surface area contributed by atoms with Crippen LogP contribution in [0.1, 0.15) is 16.1 Å². The van der Waals surface area contributed by atoms with Crippen molar-refractivity contribution < 1.29 is 22.3 Å². The van der Waals surface area contributed by atoms with Crippen molar-refractivity contribution in [2.24, 2.45) is 0 Å². The molecule has 0 saturated carbocycles. The fraction of sp³-hybridized carbons (Fsp3) is 0.389. The molecule has 1 aliphatic rings. The number of carbonyl (C=O) groups is 1. The van der Waals surface area contributed by atoms with E-state index in [1.54, 1.807) is 30.2 Å². The maximum Gasteiger partial charge on any atom is 0.264 e. The van der Waals surface area contributed by atoms with Gasteiger partial charge in [-0.25, -0.2) is 12.8 Å². The highest BCUT2D eigenvalue weighted by atomic mass is 32.2. The highest BCUT2D eigenvalue weighted by Crippen LogP contribution is 2.30. The topological polar surface area (TPSA) is 63.7 Å². The normalized spacial score (nSPS) is 18.8. The number of thiophene rings is 1. The van der Waals surface area contributed by atoms with Gasteiger partial charge in [0.25, 0.3) is 5.91 Å². The molecule has 0 N–H and O–H groups in total. The fourth-order valence-electron chi connectivity index (χ4n) is 3.02. The number of nitrogens with zero attached hydrogens (tertiary/aromatic N) is 1. The van der Waals surface area contributed by atoms with Gasteiger partial charge in [-0.3, -0.25) is 4.79 Å². The molecular formula is C18H20FNO4S2. The lowest BCUT2D eigenvalue weighted by molar-refractivity contribution is 0.0629. The van der Waals surface area contributed by atoms with Gasteiger partial charge >= 0.3 is 0 Å². The SMILES string of the molecule is COCCN(C(=O)c1ccc(-c2ccc(F)cc2)s1)C1CCS(=O)(=O)C1. The zero-order chi connectivity index (χ0) is 18.7. The third-order valence-corrected chi connectivity index (χ3v) is 7.26. The van der Waals surface area contributed by atoms with E-state index < -0.39 is 9.84 Å². The third-order valence-electron chi connectivity index (χ3n) is 4.39. The lowest BCUT2D eigenvalue weighted by Crippen LogP contribution is -2.42. The molecule has 1 atom stereocenters. The molecular weight excluding hydrogens is 377 g/mol. The van der Waals surface area contributed by atoms with Gasteiger partial charge < -0.3 is 9.64 Å². The van der Waals surface area contributed by atoms with Gasteiger partial charge in [-0.15, -0.1) is 11.3 Å². The number of hydrogen-bond donors (Lipinski definition) is 0. The standard InChI is InChI=1S/C18H20FNO4S2/c1-24-10-9-20(15-8-11-26(22,23)12-15)18(21)17-7-6-16(25-17)13-2-4-14(19)5-3-13/h2-7,15H,8-12H2,1H3.